The topological polar surface area (TPSA) is 23.8 Å². The Balaban J connectivity index is 0.000000211. The van der Waals surface area contributed by atoms with Crippen LogP contribution in [-0.4, -0.2) is 0 Å². The molecule has 0 N–H and O–H groups in total. The fourth-order valence-corrected chi connectivity index (χ4v) is 2.23. The van der Waals surface area contributed by atoms with Gasteiger partial charge >= 0.3 is 0 Å². The summed E-state index contributed by atoms with van der Waals surface area (Å²) in [5, 5.41) is 9.80. The Hall–Kier alpha value is -1.15. The van der Waals surface area contributed by atoms with Crippen molar-refractivity contribution in [2.45, 2.75) is 11.8 Å². The van der Waals surface area contributed by atoms with Gasteiger partial charge in [-0.25, -0.2) is 8.78 Å². The highest BCUT2D eigenvalue weighted by Crippen LogP contribution is 2.17. The summed E-state index contributed by atoms with van der Waals surface area (Å²) in [6, 6.07) is 10.5. The van der Waals surface area contributed by atoms with Gasteiger partial charge in [0.2, 0.25) is 0 Å². The van der Waals surface area contributed by atoms with Crippen LogP contribution in [0, 0.1) is 23.0 Å². The monoisotopic (exact) mass is 391 g/mol. The lowest BCUT2D eigenvalue weighted by atomic mass is 10.1. The SMILES string of the molecule is Fc1ccc(Cl)cc1CBr.N#CCc1cc(Cl)ccc1F. The van der Waals surface area contributed by atoms with Gasteiger partial charge in [0.25, 0.3) is 0 Å². The fraction of sp³-hybridized carbons (Fsp3) is 0.133. The highest BCUT2D eigenvalue weighted by atomic mass is 79.9. The summed E-state index contributed by atoms with van der Waals surface area (Å²) < 4.78 is 25.4. The maximum Gasteiger partial charge on any atom is 0.127 e. The maximum atomic E-state index is 12.7. The second-order valence-electron chi connectivity index (χ2n) is 3.94. The van der Waals surface area contributed by atoms with E-state index in [1.807, 2.05) is 6.07 Å². The molecule has 6 heteroatoms. The van der Waals surface area contributed by atoms with Crippen molar-refractivity contribution < 1.29 is 8.78 Å². The van der Waals surface area contributed by atoms with Crippen molar-refractivity contribution in [3.63, 3.8) is 0 Å². The predicted molar refractivity (Wildman–Crippen MR) is 84.8 cm³/mol. The van der Waals surface area contributed by atoms with Gasteiger partial charge in [-0.3, -0.25) is 0 Å². The Morgan fingerprint density at radius 3 is 1.86 bits per heavy atom. The first-order valence-electron chi connectivity index (χ1n) is 5.78. The summed E-state index contributed by atoms with van der Waals surface area (Å²) in [6.07, 6.45) is 0.0619. The summed E-state index contributed by atoms with van der Waals surface area (Å²) >= 11 is 14.3. The Morgan fingerprint density at radius 1 is 0.952 bits per heavy atom. The molecule has 0 bridgehead atoms. The molecule has 0 spiro atoms. The maximum absolute atomic E-state index is 12.7. The van der Waals surface area contributed by atoms with Gasteiger partial charge < -0.3 is 0 Å². The summed E-state index contributed by atoms with van der Waals surface area (Å²) in [4.78, 5) is 0. The van der Waals surface area contributed by atoms with Crippen LogP contribution in [0.5, 0.6) is 0 Å². The number of hydrogen-bond donors (Lipinski definition) is 0. The van der Waals surface area contributed by atoms with Crippen LogP contribution in [-0.2, 0) is 11.8 Å². The van der Waals surface area contributed by atoms with Crippen LogP contribution in [0.25, 0.3) is 0 Å². The van der Waals surface area contributed by atoms with Crippen molar-refractivity contribution in [3.8, 4) is 6.07 Å². The third-order valence-electron chi connectivity index (χ3n) is 2.43. The van der Waals surface area contributed by atoms with Crippen molar-refractivity contribution in [3.05, 3.63) is 69.2 Å². The van der Waals surface area contributed by atoms with E-state index in [0.29, 0.717) is 26.5 Å². The van der Waals surface area contributed by atoms with Gasteiger partial charge in [-0.2, -0.15) is 5.26 Å². The number of hydrogen-bond acceptors (Lipinski definition) is 1. The lowest BCUT2D eigenvalue weighted by molar-refractivity contribution is 0.615. The number of halogens is 5. The van der Waals surface area contributed by atoms with Crippen molar-refractivity contribution >= 4 is 39.1 Å². The van der Waals surface area contributed by atoms with Crippen LogP contribution in [0.2, 0.25) is 10.0 Å². The first-order valence-corrected chi connectivity index (χ1v) is 7.66. The van der Waals surface area contributed by atoms with E-state index in [4.69, 9.17) is 28.5 Å². The normalized spacial score (nSPS) is 9.52. The molecule has 0 aliphatic heterocycles. The van der Waals surface area contributed by atoms with E-state index in [2.05, 4.69) is 15.9 Å². The van der Waals surface area contributed by atoms with Crippen LogP contribution < -0.4 is 0 Å². The molecule has 2 aromatic carbocycles. The lowest BCUT2D eigenvalue weighted by Gasteiger charge is -1.96. The fourth-order valence-electron chi connectivity index (χ4n) is 1.41. The Morgan fingerprint density at radius 2 is 1.43 bits per heavy atom. The minimum Gasteiger partial charge on any atom is -0.207 e. The van der Waals surface area contributed by atoms with Crippen molar-refractivity contribution in [1.29, 1.82) is 5.26 Å². The molecule has 0 aliphatic carbocycles. The number of nitriles is 1. The van der Waals surface area contributed by atoms with Gasteiger partial charge in [0.15, 0.2) is 0 Å². The zero-order valence-corrected chi connectivity index (χ0v) is 13.8. The average Bonchev–Trinajstić information content (AvgIpc) is 2.46. The van der Waals surface area contributed by atoms with Crippen LogP contribution in [0.15, 0.2) is 36.4 Å². The molecule has 21 heavy (non-hydrogen) atoms. The number of nitrogens with zero attached hydrogens (tertiary/aromatic N) is 1. The molecule has 110 valence electrons. The highest BCUT2D eigenvalue weighted by Gasteiger charge is 2.01. The van der Waals surface area contributed by atoms with Gasteiger partial charge in [0.05, 0.1) is 12.5 Å². The van der Waals surface area contributed by atoms with E-state index in [1.165, 1.54) is 30.3 Å². The highest BCUT2D eigenvalue weighted by molar-refractivity contribution is 9.08. The first-order chi connectivity index (χ1) is 9.97. The third-order valence-corrected chi connectivity index (χ3v) is 3.50. The van der Waals surface area contributed by atoms with Gasteiger partial charge in [-0.15, -0.1) is 0 Å². The van der Waals surface area contributed by atoms with Gasteiger partial charge in [0.1, 0.15) is 11.6 Å². The second-order valence-corrected chi connectivity index (χ2v) is 5.37. The zero-order chi connectivity index (χ0) is 15.8. The third kappa shape index (κ3) is 6.01. The molecule has 0 saturated heterocycles. The smallest absolute Gasteiger partial charge is 0.127 e. The molecule has 0 saturated carbocycles. The van der Waals surface area contributed by atoms with Gasteiger partial charge in [-0.05, 0) is 42.0 Å². The van der Waals surface area contributed by atoms with E-state index < -0.39 is 0 Å². The van der Waals surface area contributed by atoms with Crippen molar-refractivity contribution in [2.75, 3.05) is 0 Å². The summed E-state index contributed by atoms with van der Waals surface area (Å²) in [5.41, 5.74) is 0.938. The molecule has 0 unspecified atom stereocenters. The van der Waals surface area contributed by atoms with E-state index in [9.17, 15) is 8.78 Å². The van der Waals surface area contributed by atoms with Crippen LogP contribution in [0.3, 0.4) is 0 Å². The van der Waals surface area contributed by atoms with Crippen molar-refractivity contribution in [1.82, 2.24) is 0 Å². The standard InChI is InChI=1S/C8H5ClFN.C7H5BrClF/c9-7-1-2-8(10)6(5-7)3-4-11;8-4-5-3-6(9)1-2-7(5)10/h1-2,5H,3H2;1-3H,4H2. The van der Waals surface area contributed by atoms with Crippen LogP contribution >= 0.6 is 39.1 Å². The molecular formula is C15H10BrCl2F2N. The summed E-state index contributed by atoms with van der Waals surface area (Å²) in [7, 11) is 0. The van der Waals surface area contributed by atoms with Crippen molar-refractivity contribution in [2.24, 2.45) is 0 Å². The lowest BCUT2D eigenvalue weighted by Crippen LogP contribution is -1.87. The first kappa shape index (κ1) is 17.9. The summed E-state index contributed by atoms with van der Waals surface area (Å²) in [5.74, 6) is -0.600. The minimum absolute atomic E-state index is 0.0619. The molecule has 0 amide bonds. The minimum atomic E-state index is -0.379. The number of rotatable bonds is 2. The second kappa shape index (κ2) is 8.99. The zero-order valence-electron chi connectivity index (χ0n) is 10.7. The van der Waals surface area contributed by atoms with Crippen LogP contribution in [0.1, 0.15) is 11.1 Å². The van der Waals surface area contributed by atoms with Gasteiger partial charge in [0, 0.05) is 20.9 Å². The molecule has 0 fully saturated rings. The molecule has 0 aliphatic rings. The number of benzene rings is 2. The van der Waals surface area contributed by atoms with E-state index in [1.54, 1.807) is 6.07 Å². The predicted octanol–water partition coefficient (Wildman–Crippen LogP) is 5.92. The van der Waals surface area contributed by atoms with E-state index in [0.717, 1.165) is 0 Å². The molecule has 0 radical (unpaired) electrons. The summed E-state index contributed by atoms with van der Waals surface area (Å²) in [6.45, 7) is 0. The molecular weight excluding hydrogens is 383 g/mol. The molecule has 0 aromatic heterocycles. The molecule has 1 nitrogen and oxygen atoms in total. The van der Waals surface area contributed by atoms with Crippen LogP contribution in [0.4, 0.5) is 8.78 Å². The quantitative estimate of drug-likeness (QED) is 0.582. The van der Waals surface area contributed by atoms with E-state index in [-0.39, 0.29) is 18.1 Å². The Kier molecular flexibility index (Phi) is 7.66. The Labute approximate surface area is 140 Å². The molecule has 0 heterocycles. The largest absolute Gasteiger partial charge is 0.207 e. The van der Waals surface area contributed by atoms with Gasteiger partial charge in [-0.1, -0.05) is 39.1 Å². The molecule has 0 atom stereocenters. The number of alkyl halides is 1. The average molecular weight is 393 g/mol. The Bertz CT molecular complexity index is 657. The molecule has 2 rings (SSSR count). The van der Waals surface area contributed by atoms with E-state index >= 15 is 0 Å². The molecule has 2 aromatic rings.